The fourth-order valence-electron chi connectivity index (χ4n) is 2.63. The highest BCUT2D eigenvalue weighted by atomic mass is 35.5. The number of carboxylic acids is 1. The summed E-state index contributed by atoms with van der Waals surface area (Å²) in [6.45, 7) is 0. The van der Waals surface area contributed by atoms with Crippen LogP contribution < -0.4 is 5.32 Å². The zero-order chi connectivity index (χ0) is 18.8. The molecule has 2 N–H and O–H groups in total. The van der Waals surface area contributed by atoms with Crippen LogP contribution in [0.5, 0.6) is 0 Å². The van der Waals surface area contributed by atoms with E-state index in [0.29, 0.717) is 38.9 Å². The van der Waals surface area contributed by atoms with Crippen LogP contribution >= 0.6 is 11.6 Å². The van der Waals surface area contributed by atoms with E-state index in [2.05, 4.69) is 25.3 Å². The van der Waals surface area contributed by atoms with E-state index in [9.17, 15) is 9.90 Å². The van der Waals surface area contributed by atoms with Crippen molar-refractivity contribution >= 4 is 40.0 Å². The van der Waals surface area contributed by atoms with Crippen molar-refractivity contribution in [2.24, 2.45) is 0 Å². The number of aromatic carboxylic acids is 1. The molecule has 2 aromatic heterocycles. The van der Waals surface area contributed by atoms with E-state index in [-0.39, 0.29) is 5.56 Å². The summed E-state index contributed by atoms with van der Waals surface area (Å²) >= 11 is 6.11. The van der Waals surface area contributed by atoms with Gasteiger partial charge in [0.15, 0.2) is 5.82 Å². The fraction of sp³-hybridized carbons (Fsp3) is 0. The van der Waals surface area contributed by atoms with Crippen molar-refractivity contribution in [2.45, 2.75) is 0 Å². The lowest BCUT2D eigenvalue weighted by atomic mass is 10.1. The number of nitrogens with one attached hydrogen (secondary N) is 1. The van der Waals surface area contributed by atoms with E-state index >= 15 is 0 Å². The zero-order valence-corrected chi connectivity index (χ0v) is 14.6. The van der Waals surface area contributed by atoms with E-state index in [1.807, 2.05) is 0 Å². The lowest BCUT2D eigenvalue weighted by Crippen LogP contribution is -2.05. The fourth-order valence-corrected chi connectivity index (χ4v) is 2.80. The van der Waals surface area contributed by atoms with Crippen LogP contribution in [0.2, 0.25) is 5.02 Å². The van der Waals surface area contributed by atoms with Crippen molar-refractivity contribution in [2.75, 3.05) is 5.32 Å². The molecule has 0 saturated heterocycles. The molecule has 0 bridgehead atoms. The van der Waals surface area contributed by atoms with Crippen LogP contribution in [0.3, 0.4) is 0 Å². The molecular weight excluding hydrogens is 366 g/mol. The predicted octanol–water partition coefficient (Wildman–Crippen LogP) is 4.18. The van der Waals surface area contributed by atoms with Gasteiger partial charge in [-0.1, -0.05) is 23.7 Å². The number of halogens is 1. The predicted molar refractivity (Wildman–Crippen MR) is 102 cm³/mol. The van der Waals surface area contributed by atoms with Gasteiger partial charge in [0, 0.05) is 22.8 Å². The Morgan fingerprint density at radius 2 is 1.93 bits per heavy atom. The molecule has 7 nitrogen and oxygen atoms in total. The minimum Gasteiger partial charge on any atom is -0.478 e. The summed E-state index contributed by atoms with van der Waals surface area (Å²) in [7, 11) is 0. The Labute approximate surface area is 158 Å². The monoisotopic (exact) mass is 377 g/mol. The van der Waals surface area contributed by atoms with Crippen LogP contribution in [0, 0.1) is 0 Å². The van der Waals surface area contributed by atoms with Gasteiger partial charge in [-0.25, -0.2) is 19.7 Å². The van der Waals surface area contributed by atoms with Crippen molar-refractivity contribution in [1.29, 1.82) is 0 Å². The number of rotatable bonds is 4. The lowest BCUT2D eigenvalue weighted by molar-refractivity contribution is 0.0698. The maximum atomic E-state index is 11.5. The van der Waals surface area contributed by atoms with E-state index in [1.165, 1.54) is 6.07 Å². The minimum atomic E-state index is -1.03. The van der Waals surface area contributed by atoms with Crippen LogP contribution in [0.15, 0.2) is 61.1 Å². The average Bonchev–Trinajstić information content (AvgIpc) is 2.68. The van der Waals surface area contributed by atoms with Gasteiger partial charge in [0.25, 0.3) is 0 Å². The number of fused-ring (bicyclic) bond motifs is 1. The molecule has 0 aliphatic rings. The summed E-state index contributed by atoms with van der Waals surface area (Å²) in [5.41, 5.74) is 1.66. The van der Waals surface area contributed by atoms with Gasteiger partial charge in [0.2, 0.25) is 0 Å². The molecule has 0 unspecified atom stereocenters. The maximum absolute atomic E-state index is 11.5. The van der Waals surface area contributed by atoms with Crippen LogP contribution in [-0.2, 0) is 0 Å². The number of para-hydroxylation sites is 1. The quantitative estimate of drug-likeness (QED) is 0.550. The molecule has 27 heavy (non-hydrogen) atoms. The van der Waals surface area contributed by atoms with E-state index in [4.69, 9.17) is 11.6 Å². The van der Waals surface area contributed by atoms with Crippen LogP contribution in [0.4, 0.5) is 11.5 Å². The number of nitrogens with zero attached hydrogens (tertiary/aromatic N) is 4. The molecule has 132 valence electrons. The molecule has 0 amide bonds. The van der Waals surface area contributed by atoms with Crippen LogP contribution in [-0.4, -0.2) is 31.0 Å². The van der Waals surface area contributed by atoms with Gasteiger partial charge in [0.1, 0.15) is 11.5 Å². The summed E-state index contributed by atoms with van der Waals surface area (Å²) in [5.74, 6) is -0.229. The molecule has 0 aliphatic carbocycles. The Bertz CT molecular complexity index is 1150. The second kappa shape index (κ2) is 6.97. The lowest BCUT2D eigenvalue weighted by Gasteiger charge is -2.12. The average molecular weight is 378 g/mol. The molecule has 2 aromatic carbocycles. The number of carbonyl (C=O) groups is 1. The first-order chi connectivity index (χ1) is 13.1. The number of hydrogen-bond acceptors (Lipinski definition) is 6. The molecule has 4 aromatic rings. The first-order valence-electron chi connectivity index (χ1n) is 7.95. The third kappa shape index (κ3) is 3.40. The van der Waals surface area contributed by atoms with Gasteiger partial charge >= 0.3 is 5.97 Å². The molecule has 4 rings (SSSR count). The van der Waals surface area contributed by atoms with Gasteiger partial charge in [-0.15, -0.1) is 0 Å². The number of aromatic nitrogens is 4. The third-order valence-corrected chi connectivity index (χ3v) is 4.10. The van der Waals surface area contributed by atoms with Gasteiger partial charge in [-0.3, -0.25) is 4.98 Å². The molecule has 2 heterocycles. The molecule has 0 radical (unpaired) electrons. The SMILES string of the molecule is O=C(O)c1ccccc1Nc1nc(-c2cnccn2)nc2cc(Cl)ccc12. The largest absolute Gasteiger partial charge is 0.478 e. The topological polar surface area (TPSA) is 101 Å². The van der Waals surface area contributed by atoms with Crippen molar-refractivity contribution in [3.8, 4) is 11.5 Å². The molecule has 0 saturated carbocycles. The van der Waals surface area contributed by atoms with Gasteiger partial charge in [-0.2, -0.15) is 0 Å². The Morgan fingerprint density at radius 1 is 1.07 bits per heavy atom. The Hall–Kier alpha value is -3.58. The van der Waals surface area contributed by atoms with Crippen molar-refractivity contribution in [3.63, 3.8) is 0 Å². The number of benzene rings is 2. The normalized spacial score (nSPS) is 10.7. The smallest absolute Gasteiger partial charge is 0.337 e. The van der Waals surface area contributed by atoms with E-state index < -0.39 is 5.97 Å². The summed E-state index contributed by atoms with van der Waals surface area (Å²) < 4.78 is 0. The Morgan fingerprint density at radius 3 is 2.70 bits per heavy atom. The van der Waals surface area contributed by atoms with Crippen molar-refractivity contribution in [3.05, 3.63) is 71.6 Å². The molecule has 0 fully saturated rings. The molecule has 0 atom stereocenters. The summed E-state index contributed by atoms with van der Waals surface area (Å²) in [6.07, 6.45) is 4.66. The van der Waals surface area contributed by atoms with Crippen molar-refractivity contribution < 1.29 is 9.90 Å². The standard InChI is InChI=1S/C19H12ClN5O2/c20-11-5-6-12-15(9-11)24-18(16-10-21-7-8-22-16)25-17(12)23-14-4-2-1-3-13(14)19(26)27/h1-10H,(H,26,27)(H,23,24,25). The first-order valence-corrected chi connectivity index (χ1v) is 8.32. The zero-order valence-electron chi connectivity index (χ0n) is 13.8. The second-order valence-electron chi connectivity index (χ2n) is 5.62. The summed E-state index contributed by atoms with van der Waals surface area (Å²) in [4.78, 5) is 28.8. The highest BCUT2D eigenvalue weighted by Gasteiger charge is 2.14. The van der Waals surface area contributed by atoms with Crippen LogP contribution in [0.25, 0.3) is 22.4 Å². The Kier molecular flexibility index (Phi) is 4.35. The van der Waals surface area contributed by atoms with Crippen LogP contribution in [0.1, 0.15) is 10.4 Å². The second-order valence-corrected chi connectivity index (χ2v) is 6.06. The third-order valence-electron chi connectivity index (χ3n) is 3.86. The number of anilines is 2. The van der Waals surface area contributed by atoms with Gasteiger partial charge < -0.3 is 10.4 Å². The molecular formula is C19H12ClN5O2. The summed E-state index contributed by atoms with van der Waals surface area (Å²) in [6, 6.07) is 11.8. The highest BCUT2D eigenvalue weighted by molar-refractivity contribution is 6.31. The van der Waals surface area contributed by atoms with Crippen molar-refractivity contribution in [1.82, 2.24) is 19.9 Å². The van der Waals surface area contributed by atoms with E-state index in [1.54, 1.807) is 55.0 Å². The summed E-state index contributed by atoms with van der Waals surface area (Å²) in [5, 5.41) is 13.8. The van der Waals surface area contributed by atoms with Gasteiger partial charge in [0.05, 0.1) is 23.0 Å². The first kappa shape index (κ1) is 16.9. The molecule has 0 spiro atoms. The minimum absolute atomic E-state index is 0.138. The Balaban J connectivity index is 1.90. The molecule has 8 heteroatoms. The number of carboxylic acid groups (broad SMARTS) is 1. The molecule has 0 aliphatic heterocycles. The highest BCUT2D eigenvalue weighted by Crippen LogP contribution is 2.29. The van der Waals surface area contributed by atoms with Gasteiger partial charge in [-0.05, 0) is 30.3 Å². The number of hydrogen-bond donors (Lipinski definition) is 2. The maximum Gasteiger partial charge on any atom is 0.337 e. The van der Waals surface area contributed by atoms with E-state index in [0.717, 1.165) is 0 Å².